The van der Waals surface area contributed by atoms with Crippen LogP contribution in [0.15, 0.2) is 109 Å². The molecule has 1 heterocycles. The summed E-state index contributed by atoms with van der Waals surface area (Å²) in [5, 5.41) is 0. The van der Waals surface area contributed by atoms with E-state index in [2.05, 4.69) is 4.98 Å². The second-order valence-electron chi connectivity index (χ2n) is 6.29. The number of rotatable bonds is 5. The van der Waals surface area contributed by atoms with Crippen molar-refractivity contribution in [3.05, 3.63) is 121 Å². The highest BCUT2D eigenvalue weighted by atomic mass is 31.1. The number of aldehydes is 1. The number of hydrogen-bond donors (Lipinski definition) is 1. The fourth-order valence-corrected chi connectivity index (χ4v) is 2.78. The molecule has 0 bridgehead atoms. The third-order valence-corrected chi connectivity index (χ3v) is 4.44. The summed E-state index contributed by atoms with van der Waals surface area (Å²) in [4.78, 5) is 14.0. The van der Waals surface area contributed by atoms with Crippen molar-refractivity contribution in [3.63, 3.8) is 0 Å². The number of aromatic nitrogens is 1. The highest BCUT2D eigenvalue weighted by Crippen LogP contribution is 2.29. The average Bonchev–Trinajstić information content (AvgIpc) is 2.82. The first kappa shape index (κ1) is 24.3. The predicted octanol–water partition coefficient (Wildman–Crippen LogP) is 6.27. The van der Waals surface area contributed by atoms with Gasteiger partial charge in [0.2, 0.25) is 0 Å². The molecular weight excluding hydrogens is 423 g/mol. The fraction of sp³-hybridized carbons (Fsp3) is 0.0400. The Morgan fingerprint density at radius 2 is 1.22 bits per heavy atom. The van der Waals surface area contributed by atoms with E-state index in [1.165, 1.54) is 0 Å². The summed E-state index contributed by atoms with van der Waals surface area (Å²) >= 11 is 0. The fourth-order valence-electron chi connectivity index (χ4n) is 2.16. The molecule has 0 saturated carbocycles. The minimum absolute atomic E-state index is 0.527. The first-order valence-corrected chi connectivity index (χ1v) is 10.8. The normalized spacial score (nSPS) is 9.16. The van der Waals surface area contributed by atoms with Crippen LogP contribution in [0.2, 0.25) is 0 Å². The van der Waals surface area contributed by atoms with E-state index in [-0.39, 0.29) is 0 Å². The molecule has 0 aliphatic heterocycles. The lowest BCUT2D eigenvalue weighted by molar-refractivity contribution is 0.112. The average molecular weight is 447 g/mol. The largest absolute Gasteiger partial charge is 0.805 e. The van der Waals surface area contributed by atoms with Crippen LogP contribution in [-0.4, -0.2) is 11.3 Å². The number of nitrogens with zero attached hydrogens (tertiary/aromatic N) is 1. The molecule has 0 aliphatic carbocycles. The molecule has 4 rings (SSSR count). The Hall–Kier alpha value is -4.02. The predicted molar refractivity (Wildman–Crippen MR) is 127 cm³/mol. The molecule has 6 nitrogen and oxygen atoms in total. The van der Waals surface area contributed by atoms with Gasteiger partial charge in [-0.15, -0.1) is 0 Å². The third-order valence-electron chi connectivity index (χ3n) is 3.72. The van der Waals surface area contributed by atoms with Crippen molar-refractivity contribution in [3.8, 4) is 11.5 Å². The Morgan fingerprint density at radius 3 is 1.56 bits per heavy atom. The standard InChI is InChI=1S/C12H10O3P.C7H7NO.C6H7N/c13-16(14-11-7-3-1-4-8-11)15-12-9-5-2-6-10-12;1-6-2-3-7(5-9)4-8-6;7-6-4-2-1-3-5-6/h1-10H;2-5H,1H3;1-5H,7H2/q+1;;. The highest BCUT2D eigenvalue weighted by molar-refractivity contribution is 7.34. The van der Waals surface area contributed by atoms with Gasteiger partial charge in [-0.1, -0.05) is 54.6 Å². The van der Waals surface area contributed by atoms with E-state index >= 15 is 0 Å². The van der Waals surface area contributed by atoms with E-state index in [9.17, 15) is 9.36 Å². The van der Waals surface area contributed by atoms with Crippen LogP contribution in [-0.2, 0) is 4.57 Å². The molecule has 0 unspecified atom stereocenters. The lowest BCUT2D eigenvalue weighted by Gasteiger charge is -1.92. The lowest BCUT2D eigenvalue weighted by atomic mass is 10.3. The summed E-state index contributed by atoms with van der Waals surface area (Å²) in [6, 6.07) is 30.9. The first-order valence-electron chi connectivity index (χ1n) is 9.68. The van der Waals surface area contributed by atoms with Gasteiger partial charge in [-0.25, -0.2) is 9.05 Å². The van der Waals surface area contributed by atoms with Gasteiger partial charge in [0.25, 0.3) is 0 Å². The number of para-hydroxylation sites is 3. The van der Waals surface area contributed by atoms with Crippen LogP contribution in [0.5, 0.6) is 11.5 Å². The molecular formula is C25H24N2O4P+. The smallest absolute Gasteiger partial charge is 0.399 e. The van der Waals surface area contributed by atoms with E-state index in [1.807, 2.05) is 55.5 Å². The summed E-state index contributed by atoms with van der Waals surface area (Å²) in [5.74, 6) is 1.05. The number of benzene rings is 3. The van der Waals surface area contributed by atoms with Gasteiger partial charge in [-0.3, -0.25) is 9.78 Å². The Kier molecular flexibility index (Phi) is 10.7. The molecule has 0 amide bonds. The Labute approximate surface area is 188 Å². The van der Waals surface area contributed by atoms with Gasteiger partial charge in [0.05, 0.1) is 0 Å². The monoisotopic (exact) mass is 447 g/mol. The number of carbonyl (C=O) groups is 1. The zero-order chi connectivity index (χ0) is 23.0. The second kappa shape index (κ2) is 14.1. The van der Waals surface area contributed by atoms with Crippen LogP contribution in [0.3, 0.4) is 0 Å². The molecule has 2 N–H and O–H groups in total. The topological polar surface area (TPSA) is 91.5 Å². The quantitative estimate of drug-likeness (QED) is 0.220. The summed E-state index contributed by atoms with van der Waals surface area (Å²) in [5.41, 5.74) is 7.74. The van der Waals surface area contributed by atoms with Gasteiger partial charge in [-0.05, 0) is 55.5 Å². The number of aryl methyl sites for hydroxylation is 1. The van der Waals surface area contributed by atoms with E-state index in [4.69, 9.17) is 14.8 Å². The van der Waals surface area contributed by atoms with Crippen LogP contribution in [0.4, 0.5) is 5.69 Å². The van der Waals surface area contributed by atoms with Crippen molar-refractivity contribution in [2.75, 3.05) is 5.73 Å². The minimum atomic E-state index is -2.18. The van der Waals surface area contributed by atoms with E-state index in [1.54, 1.807) is 60.8 Å². The summed E-state index contributed by atoms with van der Waals surface area (Å²) < 4.78 is 21.7. The number of hydrogen-bond acceptors (Lipinski definition) is 6. The van der Waals surface area contributed by atoms with Crippen molar-refractivity contribution in [2.24, 2.45) is 0 Å². The molecule has 0 atom stereocenters. The maximum Gasteiger partial charge on any atom is 0.805 e. The van der Waals surface area contributed by atoms with Crippen LogP contribution in [0, 0.1) is 6.92 Å². The van der Waals surface area contributed by atoms with Gasteiger partial charge in [-0.2, -0.15) is 0 Å². The van der Waals surface area contributed by atoms with Gasteiger partial charge >= 0.3 is 8.25 Å². The van der Waals surface area contributed by atoms with Crippen molar-refractivity contribution in [2.45, 2.75) is 6.92 Å². The second-order valence-corrected chi connectivity index (χ2v) is 7.11. The maximum atomic E-state index is 11.5. The van der Waals surface area contributed by atoms with Crippen LogP contribution in [0.25, 0.3) is 0 Å². The van der Waals surface area contributed by atoms with Gasteiger partial charge in [0, 0.05) is 27.7 Å². The highest BCUT2D eigenvalue weighted by Gasteiger charge is 2.23. The molecule has 0 aliphatic rings. The van der Waals surface area contributed by atoms with E-state index < -0.39 is 8.25 Å². The molecule has 0 radical (unpaired) electrons. The van der Waals surface area contributed by atoms with Crippen LogP contribution >= 0.6 is 8.25 Å². The molecule has 1 aromatic heterocycles. The van der Waals surface area contributed by atoms with Crippen molar-refractivity contribution in [1.29, 1.82) is 0 Å². The first-order chi connectivity index (χ1) is 15.6. The minimum Gasteiger partial charge on any atom is -0.399 e. The van der Waals surface area contributed by atoms with Gasteiger partial charge in [0.1, 0.15) is 0 Å². The molecule has 0 spiro atoms. The van der Waals surface area contributed by atoms with Gasteiger partial charge in [0.15, 0.2) is 17.8 Å². The van der Waals surface area contributed by atoms with Crippen molar-refractivity contribution < 1.29 is 18.4 Å². The van der Waals surface area contributed by atoms with Crippen molar-refractivity contribution >= 4 is 20.2 Å². The zero-order valence-corrected chi connectivity index (χ0v) is 18.5. The summed E-state index contributed by atoms with van der Waals surface area (Å²) in [7, 11) is -2.18. The van der Waals surface area contributed by atoms with E-state index in [0.717, 1.165) is 17.7 Å². The summed E-state index contributed by atoms with van der Waals surface area (Å²) in [6.07, 6.45) is 2.34. The molecule has 162 valence electrons. The number of pyridine rings is 1. The lowest BCUT2D eigenvalue weighted by Crippen LogP contribution is -1.87. The molecule has 7 heteroatoms. The van der Waals surface area contributed by atoms with Crippen molar-refractivity contribution in [1.82, 2.24) is 4.98 Å². The third kappa shape index (κ3) is 10.1. The molecule has 32 heavy (non-hydrogen) atoms. The Balaban J connectivity index is 0.000000191. The van der Waals surface area contributed by atoms with Gasteiger partial charge < -0.3 is 5.73 Å². The van der Waals surface area contributed by atoms with Crippen LogP contribution in [0.1, 0.15) is 16.1 Å². The Morgan fingerprint density at radius 1 is 0.750 bits per heavy atom. The van der Waals surface area contributed by atoms with Crippen LogP contribution < -0.4 is 14.8 Å². The zero-order valence-electron chi connectivity index (χ0n) is 17.6. The number of nitrogens with two attached hydrogens (primary N) is 1. The molecule has 4 aromatic rings. The molecule has 0 fully saturated rings. The summed E-state index contributed by atoms with van der Waals surface area (Å²) in [6.45, 7) is 1.88. The SMILES string of the molecule is Cc1ccc(C=O)cn1.Nc1ccccc1.O=[P+](Oc1ccccc1)Oc1ccccc1. The van der Waals surface area contributed by atoms with E-state index in [0.29, 0.717) is 17.1 Å². The number of nitrogen functional groups attached to an aromatic ring is 1. The number of anilines is 1. The molecule has 3 aromatic carbocycles. The Bertz CT molecular complexity index is 1020. The maximum absolute atomic E-state index is 11.5. The molecule has 0 saturated heterocycles. The number of carbonyl (C=O) groups excluding carboxylic acids is 1.